The summed E-state index contributed by atoms with van der Waals surface area (Å²) in [6.45, 7) is 4.11. The molecule has 1 saturated heterocycles. The van der Waals surface area contributed by atoms with Crippen LogP contribution in [-0.2, 0) is 0 Å². The third-order valence-electron chi connectivity index (χ3n) is 4.15. The molecule has 4 nitrogen and oxygen atoms in total. The molecule has 1 aliphatic heterocycles. The molecule has 2 aromatic rings. The molecule has 1 fully saturated rings. The number of nitrogens with zero attached hydrogens (tertiary/aromatic N) is 1. The number of rotatable bonds is 4. The van der Waals surface area contributed by atoms with Crippen molar-refractivity contribution < 1.29 is 9.53 Å². The van der Waals surface area contributed by atoms with E-state index in [4.69, 9.17) is 4.74 Å². The molecule has 1 amide bonds. The van der Waals surface area contributed by atoms with Gasteiger partial charge in [0.15, 0.2) is 0 Å². The van der Waals surface area contributed by atoms with Gasteiger partial charge in [-0.15, -0.1) is 11.3 Å². The highest BCUT2D eigenvalue weighted by molar-refractivity contribution is 7.12. The minimum absolute atomic E-state index is 0.0542. The zero-order valence-electron chi connectivity index (χ0n) is 13.5. The van der Waals surface area contributed by atoms with Crippen molar-refractivity contribution in [3.63, 3.8) is 0 Å². The van der Waals surface area contributed by atoms with Crippen LogP contribution in [0.3, 0.4) is 0 Å². The molecule has 0 aliphatic carbocycles. The average molecular weight is 330 g/mol. The van der Waals surface area contributed by atoms with E-state index in [1.54, 1.807) is 0 Å². The third-order valence-corrected chi connectivity index (χ3v) is 5.16. The van der Waals surface area contributed by atoms with Crippen LogP contribution in [-0.4, -0.2) is 37.0 Å². The Morgan fingerprint density at radius 3 is 2.52 bits per heavy atom. The molecule has 1 N–H and O–H groups in total. The standard InChI is InChI=1S/C18H22N2O2S/c1-13-9-12-23-17(13)18(21)19-14-3-5-15(6-4-14)22-16-7-10-20(2)11-8-16/h3-6,9,12,16H,7-8,10-11H2,1-2H3,(H,19,21). The minimum atomic E-state index is -0.0542. The van der Waals surface area contributed by atoms with Crippen molar-refractivity contribution in [1.82, 2.24) is 4.90 Å². The fourth-order valence-electron chi connectivity index (χ4n) is 2.71. The van der Waals surface area contributed by atoms with Crippen molar-refractivity contribution in [3.05, 3.63) is 46.2 Å². The first-order valence-corrected chi connectivity index (χ1v) is 8.80. The lowest BCUT2D eigenvalue weighted by molar-refractivity contribution is 0.102. The Bertz CT molecular complexity index is 658. The first kappa shape index (κ1) is 16.0. The molecular formula is C18H22N2O2S. The molecular weight excluding hydrogens is 308 g/mol. The summed E-state index contributed by atoms with van der Waals surface area (Å²) in [4.78, 5) is 15.3. The molecule has 122 valence electrons. The Kier molecular flexibility index (Phi) is 4.98. The van der Waals surface area contributed by atoms with Crippen molar-refractivity contribution in [2.75, 3.05) is 25.5 Å². The summed E-state index contributed by atoms with van der Waals surface area (Å²) in [7, 11) is 2.14. The molecule has 0 radical (unpaired) electrons. The van der Waals surface area contributed by atoms with Gasteiger partial charge in [-0.05, 0) is 68.1 Å². The van der Waals surface area contributed by atoms with Crippen LogP contribution >= 0.6 is 11.3 Å². The lowest BCUT2D eigenvalue weighted by Gasteiger charge is -2.29. The quantitative estimate of drug-likeness (QED) is 0.927. The van der Waals surface area contributed by atoms with E-state index in [0.29, 0.717) is 6.10 Å². The maximum absolute atomic E-state index is 12.2. The number of hydrogen-bond donors (Lipinski definition) is 1. The highest BCUT2D eigenvalue weighted by Gasteiger charge is 2.18. The number of thiophene rings is 1. The monoisotopic (exact) mass is 330 g/mol. The summed E-state index contributed by atoms with van der Waals surface area (Å²) in [6.07, 6.45) is 2.42. The Hall–Kier alpha value is -1.85. The number of aryl methyl sites for hydroxylation is 1. The van der Waals surface area contributed by atoms with E-state index in [1.807, 2.05) is 42.6 Å². The van der Waals surface area contributed by atoms with Crippen LogP contribution in [0.4, 0.5) is 5.69 Å². The van der Waals surface area contributed by atoms with E-state index in [9.17, 15) is 4.79 Å². The number of hydrogen-bond acceptors (Lipinski definition) is 4. The number of ether oxygens (including phenoxy) is 1. The zero-order valence-corrected chi connectivity index (χ0v) is 14.4. The topological polar surface area (TPSA) is 41.6 Å². The van der Waals surface area contributed by atoms with E-state index >= 15 is 0 Å². The lowest BCUT2D eigenvalue weighted by atomic mass is 10.1. The zero-order chi connectivity index (χ0) is 16.2. The molecule has 5 heteroatoms. The van der Waals surface area contributed by atoms with Crippen LogP contribution in [0.25, 0.3) is 0 Å². The maximum atomic E-state index is 12.2. The van der Waals surface area contributed by atoms with Gasteiger partial charge >= 0.3 is 0 Å². The number of likely N-dealkylation sites (tertiary alicyclic amines) is 1. The molecule has 0 atom stereocenters. The largest absolute Gasteiger partial charge is 0.490 e. The molecule has 2 heterocycles. The van der Waals surface area contributed by atoms with Gasteiger partial charge in [-0.3, -0.25) is 4.79 Å². The molecule has 0 spiro atoms. The summed E-state index contributed by atoms with van der Waals surface area (Å²) >= 11 is 1.46. The second-order valence-electron chi connectivity index (χ2n) is 6.03. The number of carbonyl (C=O) groups is 1. The maximum Gasteiger partial charge on any atom is 0.265 e. The average Bonchev–Trinajstić information content (AvgIpc) is 2.98. The normalized spacial score (nSPS) is 16.3. The van der Waals surface area contributed by atoms with Gasteiger partial charge < -0.3 is 15.0 Å². The molecule has 0 unspecified atom stereocenters. The fraction of sp³-hybridized carbons (Fsp3) is 0.389. The molecule has 1 aromatic carbocycles. The number of benzene rings is 1. The van der Waals surface area contributed by atoms with E-state index in [-0.39, 0.29) is 5.91 Å². The van der Waals surface area contributed by atoms with E-state index in [1.165, 1.54) is 11.3 Å². The van der Waals surface area contributed by atoms with Crippen LogP contribution < -0.4 is 10.1 Å². The summed E-state index contributed by atoms with van der Waals surface area (Å²) in [5.74, 6) is 0.811. The van der Waals surface area contributed by atoms with E-state index in [0.717, 1.165) is 47.8 Å². The fourth-order valence-corrected chi connectivity index (χ4v) is 3.53. The number of carbonyl (C=O) groups excluding carboxylic acids is 1. The van der Waals surface area contributed by atoms with Crippen LogP contribution in [0.15, 0.2) is 35.7 Å². The summed E-state index contributed by atoms with van der Waals surface area (Å²) in [5.41, 5.74) is 1.80. The summed E-state index contributed by atoms with van der Waals surface area (Å²) in [6, 6.07) is 9.60. The van der Waals surface area contributed by atoms with Crippen molar-refractivity contribution >= 4 is 22.9 Å². The van der Waals surface area contributed by atoms with Crippen LogP contribution in [0.1, 0.15) is 28.1 Å². The number of anilines is 1. The van der Waals surface area contributed by atoms with Crippen LogP contribution in [0.5, 0.6) is 5.75 Å². The lowest BCUT2D eigenvalue weighted by Crippen LogP contribution is -2.35. The highest BCUT2D eigenvalue weighted by atomic mass is 32.1. The predicted molar refractivity (Wildman–Crippen MR) is 94.6 cm³/mol. The van der Waals surface area contributed by atoms with E-state index in [2.05, 4.69) is 17.3 Å². The Morgan fingerprint density at radius 1 is 1.22 bits per heavy atom. The van der Waals surface area contributed by atoms with Gasteiger partial charge in [0.25, 0.3) is 5.91 Å². The molecule has 1 aromatic heterocycles. The summed E-state index contributed by atoms with van der Waals surface area (Å²) in [5, 5.41) is 4.86. The Morgan fingerprint density at radius 2 is 1.91 bits per heavy atom. The third kappa shape index (κ3) is 4.12. The van der Waals surface area contributed by atoms with Gasteiger partial charge in [-0.2, -0.15) is 0 Å². The molecule has 3 rings (SSSR count). The van der Waals surface area contributed by atoms with Crippen LogP contribution in [0, 0.1) is 6.92 Å². The minimum Gasteiger partial charge on any atom is -0.490 e. The molecule has 0 saturated carbocycles. The van der Waals surface area contributed by atoms with Gasteiger partial charge in [0, 0.05) is 18.8 Å². The summed E-state index contributed by atoms with van der Waals surface area (Å²) < 4.78 is 6.02. The van der Waals surface area contributed by atoms with Crippen molar-refractivity contribution in [1.29, 1.82) is 0 Å². The first-order valence-electron chi connectivity index (χ1n) is 7.92. The Labute approximate surface area is 141 Å². The Balaban J connectivity index is 1.57. The van der Waals surface area contributed by atoms with Crippen LogP contribution in [0.2, 0.25) is 0 Å². The second-order valence-corrected chi connectivity index (χ2v) is 6.95. The van der Waals surface area contributed by atoms with Crippen molar-refractivity contribution in [3.8, 4) is 5.75 Å². The predicted octanol–water partition coefficient (Wildman–Crippen LogP) is 3.78. The van der Waals surface area contributed by atoms with E-state index < -0.39 is 0 Å². The first-order chi connectivity index (χ1) is 11.1. The van der Waals surface area contributed by atoms with Crippen molar-refractivity contribution in [2.45, 2.75) is 25.9 Å². The smallest absolute Gasteiger partial charge is 0.265 e. The van der Waals surface area contributed by atoms with Crippen molar-refractivity contribution in [2.24, 2.45) is 0 Å². The SMILES string of the molecule is Cc1ccsc1C(=O)Nc1ccc(OC2CCN(C)CC2)cc1. The highest BCUT2D eigenvalue weighted by Crippen LogP contribution is 2.22. The van der Waals surface area contributed by atoms with Gasteiger partial charge in [0.05, 0.1) is 4.88 Å². The number of piperidine rings is 1. The molecule has 23 heavy (non-hydrogen) atoms. The van der Waals surface area contributed by atoms with Gasteiger partial charge in [-0.25, -0.2) is 0 Å². The number of amides is 1. The number of nitrogens with one attached hydrogen (secondary N) is 1. The second kappa shape index (κ2) is 7.15. The molecule has 0 bridgehead atoms. The van der Waals surface area contributed by atoms with Gasteiger partial charge in [-0.1, -0.05) is 0 Å². The van der Waals surface area contributed by atoms with Gasteiger partial charge in [0.2, 0.25) is 0 Å². The molecule has 1 aliphatic rings. The van der Waals surface area contributed by atoms with Gasteiger partial charge in [0.1, 0.15) is 11.9 Å².